The third kappa shape index (κ3) is 3.07. The second-order valence-corrected chi connectivity index (χ2v) is 5.77. The van der Waals surface area contributed by atoms with E-state index in [9.17, 15) is 0 Å². The molecule has 1 heterocycles. The molecule has 1 aromatic rings. The van der Waals surface area contributed by atoms with Gasteiger partial charge in [-0.05, 0) is 37.2 Å². The average molecular weight is 269 g/mol. The fourth-order valence-corrected chi connectivity index (χ4v) is 3.38. The van der Waals surface area contributed by atoms with E-state index in [0.717, 1.165) is 23.2 Å². The summed E-state index contributed by atoms with van der Waals surface area (Å²) in [6, 6.07) is 0. The van der Waals surface area contributed by atoms with Gasteiger partial charge in [0.25, 0.3) is 0 Å². The molecule has 1 aromatic heterocycles. The number of anilines is 2. The third-order valence-corrected chi connectivity index (χ3v) is 4.51. The van der Waals surface area contributed by atoms with E-state index in [0.29, 0.717) is 12.4 Å². The predicted octanol–water partition coefficient (Wildman–Crippen LogP) is 3.14. The van der Waals surface area contributed by atoms with Crippen LogP contribution in [0.2, 0.25) is 0 Å². The molecule has 0 amide bonds. The van der Waals surface area contributed by atoms with E-state index in [2.05, 4.69) is 16.3 Å². The Morgan fingerprint density at radius 2 is 2.11 bits per heavy atom. The SMILES string of the molecule is CCOc1c(N)nsc1N(C)CC1CCCCC1. The Labute approximate surface area is 113 Å². The van der Waals surface area contributed by atoms with E-state index < -0.39 is 0 Å². The Balaban J connectivity index is 2.01. The van der Waals surface area contributed by atoms with Crippen molar-refractivity contribution < 1.29 is 4.74 Å². The van der Waals surface area contributed by atoms with Gasteiger partial charge < -0.3 is 15.4 Å². The minimum absolute atomic E-state index is 0.521. The smallest absolute Gasteiger partial charge is 0.197 e. The van der Waals surface area contributed by atoms with Crippen LogP contribution in [0.15, 0.2) is 0 Å². The molecule has 0 saturated heterocycles. The molecule has 4 nitrogen and oxygen atoms in total. The zero-order valence-corrected chi connectivity index (χ0v) is 12.1. The summed E-state index contributed by atoms with van der Waals surface area (Å²) in [5, 5.41) is 1.07. The van der Waals surface area contributed by atoms with E-state index in [4.69, 9.17) is 10.5 Å². The van der Waals surface area contributed by atoms with Crippen LogP contribution in [0.4, 0.5) is 10.8 Å². The highest BCUT2D eigenvalue weighted by Gasteiger charge is 2.20. The summed E-state index contributed by atoms with van der Waals surface area (Å²) in [6.07, 6.45) is 6.85. The van der Waals surface area contributed by atoms with Gasteiger partial charge in [0, 0.05) is 13.6 Å². The lowest BCUT2D eigenvalue weighted by molar-refractivity contribution is 0.339. The number of hydrogen-bond acceptors (Lipinski definition) is 5. The van der Waals surface area contributed by atoms with Crippen molar-refractivity contribution in [1.82, 2.24) is 4.37 Å². The number of nitrogen functional groups attached to an aromatic ring is 1. The van der Waals surface area contributed by atoms with Crippen LogP contribution < -0.4 is 15.4 Å². The van der Waals surface area contributed by atoms with Crippen molar-refractivity contribution in [3.05, 3.63) is 0 Å². The number of rotatable bonds is 5. The highest BCUT2D eigenvalue weighted by molar-refractivity contribution is 7.11. The lowest BCUT2D eigenvalue weighted by Gasteiger charge is -2.27. The van der Waals surface area contributed by atoms with E-state index >= 15 is 0 Å². The van der Waals surface area contributed by atoms with Crippen LogP contribution in [0.3, 0.4) is 0 Å². The Morgan fingerprint density at radius 1 is 1.39 bits per heavy atom. The predicted molar refractivity (Wildman–Crippen MR) is 77.5 cm³/mol. The molecule has 0 atom stereocenters. The maximum Gasteiger partial charge on any atom is 0.197 e. The van der Waals surface area contributed by atoms with Crippen molar-refractivity contribution in [2.45, 2.75) is 39.0 Å². The van der Waals surface area contributed by atoms with Gasteiger partial charge in [0.05, 0.1) is 6.61 Å². The standard InChI is InChI=1S/C13H23N3OS/c1-3-17-11-12(14)15-18-13(11)16(2)9-10-7-5-4-6-8-10/h10H,3-9H2,1-2H3,(H2,14,15). The average Bonchev–Trinajstić information content (AvgIpc) is 2.73. The molecule has 0 aliphatic heterocycles. The van der Waals surface area contributed by atoms with Crippen molar-refractivity contribution in [3.8, 4) is 5.75 Å². The second kappa shape index (κ2) is 6.27. The highest BCUT2D eigenvalue weighted by Crippen LogP contribution is 2.38. The molecule has 0 unspecified atom stereocenters. The summed E-state index contributed by atoms with van der Waals surface area (Å²) in [7, 11) is 2.12. The summed E-state index contributed by atoms with van der Waals surface area (Å²) >= 11 is 1.44. The lowest BCUT2D eigenvalue weighted by Crippen LogP contribution is -2.26. The van der Waals surface area contributed by atoms with Crippen LogP contribution in [0.5, 0.6) is 5.75 Å². The molecule has 1 aliphatic rings. The van der Waals surface area contributed by atoms with Gasteiger partial charge >= 0.3 is 0 Å². The van der Waals surface area contributed by atoms with Gasteiger partial charge in [0.1, 0.15) is 0 Å². The molecule has 1 saturated carbocycles. The third-order valence-electron chi connectivity index (χ3n) is 3.55. The number of hydrogen-bond donors (Lipinski definition) is 1. The Bertz CT molecular complexity index is 374. The highest BCUT2D eigenvalue weighted by atomic mass is 32.1. The van der Waals surface area contributed by atoms with E-state index in [1.165, 1.54) is 43.6 Å². The second-order valence-electron chi connectivity index (χ2n) is 5.02. The van der Waals surface area contributed by atoms with Crippen molar-refractivity contribution in [2.75, 3.05) is 30.8 Å². The lowest BCUT2D eigenvalue weighted by atomic mass is 9.89. The maximum atomic E-state index is 5.85. The van der Waals surface area contributed by atoms with Gasteiger partial charge in [-0.15, -0.1) is 0 Å². The normalized spacial score (nSPS) is 16.8. The molecule has 0 radical (unpaired) electrons. The summed E-state index contributed by atoms with van der Waals surface area (Å²) in [5.74, 6) is 2.09. The van der Waals surface area contributed by atoms with E-state index in [1.54, 1.807) is 0 Å². The molecule has 0 aromatic carbocycles. The molecular weight excluding hydrogens is 246 g/mol. The zero-order chi connectivity index (χ0) is 13.0. The number of ether oxygens (including phenoxy) is 1. The van der Waals surface area contributed by atoms with Crippen LogP contribution in [0, 0.1) is 5.92 Å². The van der Waals surface area contributed by atoms with Gasteiger partial charge in [-0.25, -0.2) is 0 Å². The Morgan fingerprint density at radius 3 is 2.78 bits per heavy atom. The molecule has 1 aliphatic carbocycles. The summed E-state index contributed by atoms with van der Waals surface area (Å²) in [4.78, 5) is 2.26. The molecule has 0 spiro atoms. The molecular formula is C13H23N3OS. The molecule has 1 fully saturated rings. The molecule has 2 rings (SSSR count). The minimum Gasteiger partial charge on any atom is -0.487 e. The van der Waals surface area contributed by atoms with E-state index in [-0.39, 0.29) is 0 Å². The van der Waals surface area contributed by atoms with Crippen LogP contribution in [-0.2, 0) is 0 Å². The number of nitrogens with two attached hydrogens (primary N) is 1. The van der Waals surface area contributed by atoms with Crippen LogP contribution in [0.25, 0.3) is 0 Å². The Kier molecular flexibility index (Phi) is 4.69. The van der Waals surface area contributed by atoms with Crippen molar-refractivity contribution in [2.24, 2.45) is 5.92 Å². The van der Waals surface area contributed by atoms with Crippen LogP contribution in [0.1, 0.15) is 39.0 Å². The van der Waals surface area contributed by atoms with E-state index in [1.807, 2.05) is 6.92 Å². The first-order valence-electron chi connectivity index (χ1n) is 6.81. The topological polar surface area (TPSA) is 51.4 Å². The van der Waals surface area contributed by atoms with Gasteiger partial charge in [-0.1, -0.05) is 19.3 Å². The molecule has 102 valence electrons. The van der Waals surface area contributed by atoms with Gasteiger partial charge in [0.15, 0.2) is 16.6 Å². The first-order valence-corrected chi connectivity index (χ1v) is 7.58. The molecule has 0 bridgehead atoms. The largest absolute Gasteiger partial charge is 0.487 e. The van der Waals surface area contributed by atoms with Crippen molar-refractivity contribution >= 4 is 22.4 Å². The molecule has 2 N–H and O–H groups in total. The summed E-state index contributed by atoms with van der Waals surface area (Å²) in [6.45, 7) is 3.69. The minimum atomic E-state index is 0.521. The summed E-state index contributed by atoms with van der Waals surface area (Å²) < 4.78 is 9.80. The van der Waals surface area contributed by atoms with Crippen LogP contribution in [-0.4, -0.2) is 24.6 Å². The molecule has 5 heteroatoms. The van der Waals surface area contributed by atoms with Crippen LogP contribution >= 0.6 is 11.5 Å². The monoisotopic (exact) mass is 269 g/mol. The number of nitrogens with zero attached hydrogens (tertiary/aromatic N) is 2. The fourth-order valence-electron chi connectivity index (χ4n) is 2.65. The summed E-state index contributed by atoms with van der Waals surface area (Å²) in [5.41, 5.74) is 5.85. The zero-order valence-electron chi connectivity index (χ0n) is 11.3. The number of aromatic nitrogens is 1. The van der Waals surface area contributed by atoms with Crippen molar-refractivity contribution in [3.63, 3.8) is 0 Å². The Hall–Kier alpha value is -0.970. The maximum absolute atomic E-state index is 5.85. The van der Waals surface area contributed by atoms with Gasteiger partial charge in [-0.2, -0.15) is 4.37 Å². The first-order chi connectivity index (χ1) is 8.72. The van der Waals surface area contributed by atoms with Crippen molar-refractivity contribution in [1.29, 1.82) is 0 Å². The molecule has 18 heavy (non-hydrogen) atoms. The van der Waals surface area contributed by atoms with Gasteiger partial charge in [-0.3, -0.25) is 0 Å². The van der Waals surface area contributed by atoms with Gasteiger partial charge in [0.2, 0.25) is 0 Å². The first kappa shape index (κ1) is 13.5. The quantitative estimate of drug-likeness (QED) is 0.892. The fraction of sp³-hybridized carbons (Fsp3) is 0.769.